The summed E-state index contributed by atoms with van der Waals surface area (Å²) in [6.45, 7) is 6.85. The molecule has 4 heterocycles. The van der Waals surface area contributed by atoms with Crippen molar-refractivity contribution in [1.29, 1.82) is 0 Å². The van der Waals surface area contributed by atoms with Gasteiger partial charge in [0.25, 0.3) is 5.56 Å². The number of anilines is 2. The number of aryl methyl sites for hydroxylation is 1. The van der Waals surface area contributed by atoms with Crippen molar-refractivity contribution in [1.82, 2.24) is 19.4 Å². The van der Waals surface area contributed by atoms with Gasteiger partial charge in [0.15, 0.2) is 0 Å². The number of rotatable bonds is 4. The van der Waals surface area contributed by atoms with Crippen LogP contribution in [0.4, 0.5) is 11.4 Å². The lowest BCUT2D eigenvalue weighted by Gasteiger charge is -2.51. The summed E-state index contributed by atoms with van der Waals surface area (Å²) in [4.78, 5) is 27.3. The Bertz CT molecular complexity index is 974. The molecule has 2 aliphatic rings. The van der Waals surface area contributed by atoms with Gasteiger partial charge in [-0.1, -0.05) is 11.6 Å². The number of hydrogen-bond donors (Lipinski definition) is 0. The van der Waals surface area contributed by atoms with E-state index in [9.17, 15) is 4.79 Å². The SMILES string of the molecule is CC1CN2c3c(c(=O)n(C)c4ncc(Cl)cc34)N(CCCN(C)C)CC2CN1C. The van der Waals surface area contributed by atoms with Crippen LogP contribution in [-0.4, -0.2) is 85.3 Å². The molecule has 2 unspecified atom stereocenters. The lowest BCUT2D eigenvalue weighted by Crippen LogP contribution is -2.63. The van der Waals surface area contributed by atoms with Crippen molar-refractivity contribution >= 4 is 34.0 Å². The molecule has 0 aliphatic carbocycles. The van der Waals surface area contributed by atoms with E-state index in [-0.39, 0.29) is 5.56 Å². The van der Waals surface area contributed by atoms with Gasteiger partial charge in [0.1, 0.15) is 11.3 Å². The molecular weight excluding hydrogens is 388 g/mol. The first-order valence-electron chi connectivity index (χ1n) is 10.3. The molecule has 1 fully saturated rings. The van der Waals surface area contributed by atoms with Crippen molar-refractivity contribution in [3.8, 4) is 0 Å². The molecule has 0 N–H and O–H groups in total. The molecule has 0 spiro atoms. The molecule has 2 aromatic heterocycles. The third-order valence-corrected chi connectivity index (χ3v) is 6.57. The first kappa shape index (κ1) is 20.4. The van der Waals surface area contributed by atoms with E-state index in [2.05, 4.69) is 52.7 Å². The highest BCUT2D eigenvalue weighted by molar-refractivity contribution is 6.31. The normalized spacial score (nSPS) is 22.3. The van der Waals surface area contributed by atoms with Gasteiger partial charge in [-0.2, -0.15) is 0 Å². The average molecular weight is 419 g/mol. The highest BCUT2D eigenvalue weighted by atomic mass is 35.5. The fraction of sp³-hybridized carbons (Fsp3) is 0.619. The number of nitrogens with zero attached hydrogens (tertiary/aromatic N) is 6. The van der Waals surface area contributed by atoms with Crippen molar-refractivity contribution < 1.29 is 0 Å². The molecule has 7 nitrogen and oxygen atoms in total. The number of fused-ring (bicyclic) bond motifs is 5. The standard InChI is InChI=1S/C21H31ClN6O/c1-14-11-28-16(12-25(14)4)13-27(8-6-7-24(2)3)19-18(28)17-9-15(22)10-23-20(17)26(5)21(19)29/h9-10,14,16H,6-8,11-13H2,1-5H3. The van der Waals surface area contributed by atoms with E-state index in [0.29, 0.717) is 22.8 Å². The molecule has 0 bridgehead atoms. The van der Waals surface area contributed by atoms with Crippen LogP contribution in [0.1, 0.15) is 13.3 Å². The van der Waals surface area contributed by atoms with Gasteiger partial charge in [0.05, 0.1) is 16.8 Å². The Balaban J connectivity index is 1.89. The Morgan fingerprint density at radius 1 is 1.21 bits per heavy atom. The summed E-state index contributed by atoms with van der Waals surface area (Å²) >= 11 is 6.34. The van der Waals surface area contributed by atoms with Crippen LogP contribution in [0.5, 0.6) is 0 Å². The van der Waals surface area contributed by atoms with E-state index in [1.54, 1.807) is 10.8 Å². The maximum atomic E-state index is 13.4. The molecule has 0 aromatic carbocycles. The third kappa shape index (κ3) is 3.60. The molecule has 0 saturated carbocycles. The minimum Gasteiger partial charge on any atom is -0.363 e. The van der Waals surface area contributed by atoms with Gasteiger partial charge >= 0.3 is 0 Å². The van der Waals surface area contributed by atoms with Crippen LogP contribution in [0.25, 0.3) is 11.0 Å². The summed E-state index contributed by atoms with van der Waals surface area (Å²) in [5.41, 5.74) is 2.53. The maximum Gasteiger partial charge on any atom is 0.277 e. The summed E-state index contributed by atoms with van der Waals surface area (Å²) < 4.78 is 1.67. The molecule has 2 aliphatic heterocycles. The molecule has 158 valence electrons. The van der Waals surface area contributed by atoms with Crippen LogP contribution >= 0.6 is 11.6 Å². The second-order valence-corrected chi connectivity index (χ2v) is 9.22. The fourth-order valence-corrected chi connectivity index (χ4v) is 4.83. The van der Waals surface area contributed by atoms with Gasteiger partial charge in [-0.15, -0.1) is 0 Å². The number of hydrogen-bond acceptors (Lipinski definition) is 6. The monoisotopic (exact) mass is 418 g/mol. The van der Waals surface area contributed by atoms with Gasteiger partial charge in [0.2, 0.25) is 0 Å². The van der Waals surface area contributed by atoms with Gasteiger partial charge in [0, 0.05) is 50.9 Å². The van der Waals surface area contributed by atoms with Crippen LogP contribution in [0.15, 0.2) is 17.1 Å². The second-order valence-electron chi connectivity index (χ2n) is 8.78. The van der Waals surface area contributed by atoms with E-state index in [1.807, 2.05) is 13.1 Å². The van der Waals surface area contributed by atoms with E-state index < -0.39 is 0 Å². The number of halogens is 1. The fourth-order valence-electron chi connectivity index (χ4n) is 4.67. The van der Waals surface area contributed by atoms with E-state index in [0.717, 1.165) is 55.9 Å². The van der Waals surface area contributed by atoms with Gasteiger partial charge in [-0.3, -0.25) is 14.3 Å². The van der Waals surface area contributed by atoms with Crippen LogP contribution in [-0.2, 0) is 7.05 Å². The summed E-state index contributed by atoms with van der Waals surface area (Å²) in [6.07, 6.45) is 2.64. The predicted molar refractivity (Wildman–Crippen MR) is 121 cm³/mol. The Morgan fingerprint density at radius 3 is 2.69 bits per heavy atom. The van der Waals surface area contributed by atoms with Gasteiger partial charge in [-0.05, 0) is 47.1 Å². The molecule has 4 rings (SSSR count). The number of pyridine rings is 2. The van der Waals surface area contributed by atoms with Crippen LogP contribution in [0.3, 0.4) is 0 Å². The lowest BCUT2D eigenvalue weighted by atomic mass is 9.99. The van der Waals surface area contributed by atoms with Crippen LogP contribution in [0, 0.1) is 0 Å². The third-order valence-electron chi connectivity index (χ3n) is 6.36. The molecule has 29 heavy (non-hydrogen) atoms. The Kier molecular flexibility index (Phi) is 5.48. The number of piperazine rings is 1. The van der Waals surface area contributed by atoms with Crippen molar-refractivity contribution in [3.05, 3.63) is 27.6 Å². The maximum absolute atomic E-state index is 13.4. The van der Waals surface area contributed by atoms with Gasteiger partial charge in [-0.25, -0.2) is 4.98 Å². The Hall–Kier alpha value is -1.83. The first-order chi connectivity index (χ1) is 13.8. The molecule has 1 saturated heterocycles. The van der Waals surface area contributed by atoms with Crippen molar-refractivity contribution in [2.45, 2.75) is 25.4 Å². The Labute approximate surface area is 177 Å². The number of likely N-dealkylation sites (N-methyl/N-ethyl adjacent to an activating group) is 1. The smallest absolute Gasteiger partial charge is 0.277 e. The first-order valence-corrected chi connectivity index (χ1v) is 10.7. The van der Waals surface area contributed by atoms with E-state index in [4.69, 9.17) is 11.6 Å². The summed E-state index contributed by atoms with van der Waals surface area (Å²) in [5.74, 6) is 0. The van der Waals surface area contributed by atoms with Crippen molar-refractivity contribution in [3.63, 3.8) is 0 Å². The average Bonchev–Trinajstić information content (AvgIpc) is 2.66. The van der Waals surface area contributed by atoms with Crippen LogP contribution in [0.2, 0.25) is 5.02 Å². The molecule has 2 atom stereocenters. The molecule has 8 heteroatoms. The minimum absolute atomic E-state index is 0.0252. The van der Waals surface area contributed by atoms with E-state index >= 15 is 0 Å². The van der Waals surface area contributed by atoms with E-state index in [1.165, 1.54) is 0 Å². The highest BCUT2D eigenvalue weighted by Gasteiger charge is 2.39. The zero-order valence-electron chi connectivity index (χ0n) is 18.0. The summed E-state index contributed by atoms with van der Waals surface area (Å²) in [5, 5.41) is 1.57. The zero-order chi connectivity index (χ0) is 20.9. The topological polar surface area (TPSA) is 47.9 Å². The second kappa shape index (κ2) is 7.78. The minimum atomic E-state index is 0.0252. The van der Waals surface area contributed by atoms with Crippen molar-refractivity contribution in [2.75, 3.05) is 63.7 Å². The summed E-state index contributed by atoms with van der Waals surface area (Å²) in [6, 6.07) is 2.73. The quantitative estimate of drug-likeness (QED) is 0.755. The highest BCUT2D eigenvalue weighted by Crippen LogP contribution is 2.40. The largest absolute Gasteiger partial charge is 0.363 e. The molecule has 0 radical (unpaired) electrons. The van der Waals surface area contributed by atoms with Crippen LogP contribution < -0.4 is 15.4 Å². The van der Waals surface area contributed by atoms with Crippen molar-refractivity contribution in [2.24, 2.45) is 7.05 Å². The molecule has 2 aromatic rings. The summed E-state index contributed by atoms with van der Waals surface area (Å²) in [7, 11) is 8.17. The Morgan fingerprint density at radius 2 is 1.97 bits per heavy atom. The molecule has 0 amide bonds. The zero-order valence-corrected chi connectivity index (χ0v) is 18.8. The molecular formula is C21H31ClN6O. The number of aromatic nitrogens is 2. The van der Waals surface area contributed by atoms with Gasteiger partial charge < -0.3 is 14.7 Å². The predicted octanol–water partition coefficient (Wildman–Crippen LogP) is 1.87. The lowest BCUT2D eigenvalue weighted by molar-refractivity contribution is 0.198.